The van der Waals surface area contributed by atoms with Gasteiger partial charge in [0.15, 0.2) is 0 Å². The SMILES string of the molecule is C[Si](C)(C)[C@@]1(c2ccccc2C(F)(F)F)CO1. The second kappa shape index (κ2) is 3.59. The molecule has 17 heavy (non-hydrogen) atoms. The molecule has 2 rings (SSSR count). The second-order valence-electron chi connectivity index (χ2n) is 5.41. The first-order valence-corrected chi connectivity index (χ1v) is 8.99. The van der Waals surface area contributed by atoms with Gasteiger partial charge in [0.2, 0.25) is 0 Å². The van der Waals surface area contributed by atoms with Gasteiger partial charge in [-0.1, -0.05) is 37.8 Å². The normalized spacial score (nSPS) is 24.8. The van der Waals surface area contributed by atoms with Gasteiger partial charge >= 0.3 is 6.18 Å². The van der Waals surface area contributed by atoms with Crippen LogP contribution in [0.4, 0.5) is 13.2 Å². The lowest BCUT2D eigenvalue weighted by Gasteiger charge is -2.28. The van der Waals surface area contributed by atoms with Crippen molar-refractivity contribution < 1.29 is 17.9 Å². The van der Waals surface area contributed by atoms with Gasteiger partial charge < -0.3 is 4.74 Å². The summed E-state index contributed by atoms with van der Waals surface area (Å²) in [6, 6.07) is 5.76. The van der Waals surface area contributed by atoms with Gasteiger partial charge in [-0.25, -0.2) is 0 Å². The molecular formula is C12H15F3OSi. The number of epoxide rings is 1. The van der Waals surface area contributed by atoms with E-state index in [-0.39, 0.29) is 0 Å². The van der Waals surface area contributed by atoms with Crippen LogP contribution in [0.2, 0.25) is 19.6 Å². The van der Waals surface area contributed by atoms with Crippen LogP contribution in [0.3, 0.4) is 0 Å². The van der Waals surface area contributed by atoms with E-state index in [9.17, 15) is 13.2 Å². The fourth-order valence-corrected chi connectivity index (χ4v) is 4.11. The Kier molecular flexibility index (Phi) is 2.67. The van der Waals surface area contributed by atoms with Gasteiger partial charge in [-0.2, -0.15) is 13.2 Å². The van der Waals surface area contributed by atoms with E-state index in [2.05, 4.69) is 0 Å². The minimum atomic E-state index is -4.31. The predicted molar refractivity (Wildman–Crippen MR) is 62.4 cm³/mol. The Morgan fingerprint density at radius 2 is 1.71 bits per heavy atom. The van der Waals surface area contributed by atoms with Crippen LogP contribution < -0.4 is 0 Å². The highest BCUT2D eigenvalue weighted by Gasteiger charge is 2.59. The van der Waals surface area contributed by atoms with E-state index < -0.39 is 25.0 Å². The van der Waals surface area contributed by atoms with Crippen LogP contribution in [-0.4, -0.2) is 14.7 Å². The third kappa shape index (κ3) is 2.02. The van der Waals surface area contributed by atoms with Crippen molar-refractivity contribution in [2.24, 2.45) is 0 Å². The first-order chi connectivity index (χ1) is 7.68. The van der Waals surface area contributed by atoms with Gasteiger partial charge in [-0.05, 0) is 11.6 Å². The third-order valence-corrected chi connectivity index (χ3v) is 6.29. The molecule has 1 aliphatic heterocycles. The molecule has 1 aromatic rings. The lowest BCUT2D eigenvalue weighted by molar-refractivity contribution is -0.138. The Morgan fingerprint density at radius 3 is 2.12 bits per heavy atom. The van der Waals surface area contributed by atoms with Crippen LogP contribution in [0.15, 0.2) is 24.3 Å². The molecule has 0 saturated carbocycles. The fraction of sp³-hybridized carbons (Fsp3) is 0.500. The minimum Gasteiger partial charge on any atom is -0.369 e. The van der Waals surface area contributed by atoms with Crippen molar-refractivity contribution in [3.63, 3.8) is 0 Å². The lowest BCUT2D eigenvalue weighted by Crippen LogP contribution is -2.41. The predicted octanol–water partition coefficient (Wildman–Crippen LogP) is 3.81. The van der Waals surface area contributed by atoms with Crippen LogP contribution >= 0.6 is 0 Å². The van der Waals surface area contributed by atoms with Crippen molar-refractivity contribution in [2.75, 3.05) is 6.61 Å². The standard InChI is InChI=1S/C12H15F3OSi/c1-17(2,3)11(8-16-11)9-6-4-5-7-10(9)12(13,14)15/h4-7H,8H2,1-3H3/t11-/m1/s1. The molecule has 0 amide bonds. The molecule has 0 radical (unpaired) electrons. The number of hydrogen-bond donors (Lipinski definition) is 0. The van der Waals surface area contributed by atoms with Crippen molar-refractivity contribution in [1.82, 2.24) is 0 Å². The molecule has 1 aromatic carbocycles. The van der Waals surface area contributed by atoms with E-state index in [1.54, 1.807) is 12.1 Å². The molecular weight excluding hydrogens is 245 g/mol. The van der Waals surface area contributed by atoms with E-state index in [0.717, 1.165) is 6.07 Å². The molecule has 5 heteroatoms. The van der Waals surface area contributed by atoms with Crippen LogP contribution in [0, 0.1) is 0 Å². The zero-order chi connectivity index (χ0) is 12.9. The molecule has 0 bridgehead atoms. The third-order valence-electron chi connectivity index (χ3n) is 3.31. The number of halogens is 3. The smallest absolute Gasteiger partial charge is 0.369 e. The maximum Gasteiger partial charge on any atom is 0.416 e. The first-order valence-electron chi connectivity index (χ1n) is 5.49. The van der Waals surface area contributed by atoms with Gasteiger partial charge in [-0.15, -0.1) is 0 Å². The monoisotopic (exact) mass is 260 g/mol. The maximum absolute atomic E-state index is 13.0. The molecule has 0 spiro atoms. The van der Waals surface area contributed by atoms with Gasteiger partial charge in [0.1, 0.15) is 5.22 Å². The lowest BCUT2D eigenvalue weighted by atomic mass is 10.0. The number of benzene rings is 1. The van der Waals surface area contributed by atoms with Crippen molar-refractivity contribution in [3.05, 3.63) is 35.4 Å². The number of alkyl halides is 3. The molecule has 1 saturated heterocycles. The fourth-order valence-electron chi connectivity index (χ4n) is 2.15. The van der Waals surface area contributed by atoms with E-state index in [4.69, 9.17) is 4.74 Å². The summed E-state index contributed by atoms with van der Waals surface area (Å²) in [5, 5.41) is -0.654. The van der Waals surface area contributed by atoms with E-state index >= 15 is 0 Å². The number of hydrogen-bond acceptors (Lipinski definition) is 1. The maximum atomic E-state index is 13.0. The summed E-state index contributed by atoms with van der Waals surface area (Å²) in [6.45, 7) is 6.52. The topological polar surface area (TPSA) is 12.5 Å². The van der Waals surface area contributed by atoms with Crippen molar-refractivity contribution in [2.45, 2.75) is 31.0 Å². The highest BCUT2D eigenvalue weighted by atomic mass is 28.3. The highest BCUT2D eigenvalue weighted by Crippen LogP contribution is 2.50. The first kappa shape index (κ1) is 12.6. The van der Waals surface area contributed by atoms with Crippen LogP contribution in [-0.2, 0) is 16.1 Å². The van der Waals surface area contributed by atoms with Gasteiger partial charge in [-0.3, -0.25) is 0 Å². The quantitative estimate of drug-likeness (QED) is 0.582. The van der Waals surface area contributed by atoms with Gasteiger partial charge in [0.25, 0.3) is 0 Å². The van der Waals surface area contributed by atoms with Crippen LogP contribution in [0.5, 0.6) is 0 Å². The summed E-state index contributed by atoms with van der Waals surface area (Å²) in [4.78, 5) is 0. The molecule has 1 nitrogen and oxygen atoms in total. The van der Waals surface area contributed by atoms with Gasteiger partial charge in [0.05, 0.1) is 20.2 Å². The summed E-state index contributed by atoms with van der Waals surface area (Å²) >= 11 is 0. The summed E-state index contributed by atoms with van der Waals surface area (Å²) in [5.74, 6) is 0. The molecule has 0 aromatic heterocycles. The Balaban J connectivity index is 2.55. The molecule has 1 atom stereocenters. The average Bonchev–Trinajstić information content (AvgIpc) is 2.95. The molecule has 0 unspecified atom stereocenters. The molecule has 94 valence electrons. The molecule has 1 fully saturated rings. The van der Waals surface area contributed by atoms with Crippen LogP contribution in [0.1, 0.15) is 11.1 Å². The molecule has 1 aliphatic rings. The highest BCUT2D eigenvalue weighted by molar-refractivity contribution is 6.79. The largest absolute Gasteiger partial charge is 0.416 e. The number of rotatable bonds is 2. The van der Waals surface area contributed by atoms with Crippen molar-refractivity contribution in [1.29, 1.82) is 0 Å². The van der Waals surface area contributed by atoms with E-state index in [0.29, 0.717) is 12.2 Å². The van der Waals surface area contributed by atoms with Crippen LogP contribution in [0.25, 0.3) is 0 Å². The Labute approximate surface area is 99.6 Å². The Morgan fingerprint density at radius 1 is 1.18 bits per heavy atom. The molecule has 0 aliphatic carbocycles. The minimum absolute atomic E-state index is 0.312. The summed E-state index contributed by atoms with van der Waals surface area (Å²) in [7, 11) is -1.85. The van der Waals surface area contributed by atoms with E-state index in [1.807, 2.05) is 19.6 Å². The Hall–Kier alpha value is -0.813. The second-order valence-corrected chi connectivity index (χ2v) is 10.7. The number of ether oxygens (including phenoxy) is 1. The summed E-state index contributed by atoms with van der Waals surface area (Å²) < 4.78 is 44.3. The Bertz CT molecular complexity index is 430. The van der Waals surface area contributed by atoms with E-state index in [1.165, 1.54) is 6.07 Å². The summed E-state index contributed by atoms with van der Waals surface area (Å²) in [5.41, 5.74) is -0.244. The van der Waals surface area contributed by atoms with Crippen molar-refractivity contribution >= 4 is 8.07 Å². The average molecular weight is 260 g/mol. The molecule has 0 N–H and O–H groups in total. The molecule has 1 heterocycles. The zero-order valence-electron chi connectivity index (χ0n) is 10.1. The van der Waals surface area contributed by atoms with Crippen molar-refractivity contribution in [3.8, 4) is 0 Å². The van der Waals surface area contributed by atoms with Gasteiger partial charge in [0, 0.05) is 0 Å². The zero-order valence-corrected chi connectivity index (χ0v) is 11.1. The summed E-state index contributed by atoms with van der Waals surface area (Å²) in [6.07, 6.45) is -4.31.